The van der Waals surface area contributed by atoms with Gasteiger partial charge in [0.05, 0.1) is 0 Å². The second-order valence-corrected chi connectivity index (χ2v) is 5.47. The van der Waals surface area contributed by atoms with E-state index in [1.54, 1.807) is 6.07 Å². The molecule has 0 atom stereocenters. The first-order valence-electron chi connectivity index (χ1n) is 6.47. The first-order valence-corrected chi connectivity index (χ1v) is 6.85. The monoisotopic (exact) mass is 290 g/mol. The molecule has 0 aliphatic carbocycles. The molecule has 3 heteroatoms. The molecular formula is C17H16ClFO. The molecule has 2 aromatic carbocycles. The minimum Gasteiger partial charge on any atom is -0.299 e. The zero-order chi connectivity index (χ0) is 14.7. The van der Waals surface area contributed by atoms with E-state index in [0.717, 1.165) is 16.7 Å². The Bertz CT molecular complexity index is 649. The van der Waals surface area contributed by atoms with Crippen molar-refractivity contribution in [1.82, 2.24) is 0 Å². The van der Waals surface area contributed by atoms with E-state index in [0.29, 0.717) is 17.0 Å². The largest absolute Gasteiger partial charge is 0.299 e. The maximum atomic E-state index is 13.0. The van der Waals surface area contributed by atoms with E-state index in [1.807, 2.05) is 32.0 Å². The lowest BCUT2D eigenvalue weighted by atomic mass is 9.98. The molecule has 0 aliphatic rings. The van der Waals surface area contributed by atoms with Crippen LogP contribution in [-0.2, 0) is 17.6 Å². The lowest BCUT2D eigenvalue weighted by Crippen LogP contribution is -2.08. The van der Waals surface area contributed by atoms with Crippen molar-refractivity contribution in [1.29, 1.82) is 0 Å². The molecule has 0 saturated carbocycles. The van der Waals surface area contributed by atoms with Gasteiger partial charge in [-0.15, -0.1) is 0 Å². The summed E-state index contributed by atoms with van der Waals surface area (Å²) in [4.78, 5) is 12.1. The summed E-state index contributed by atoms with van der Waals surface area (Å²) in [5.74, 6) is -0.312. The quantitative estimate of drug-likeness (QED) is 0.813. The van der Waals surface area contributed by atoms with Gasteiger partial charge < -0.3 is 0 Å². The number of hydrogen-bond acceptors (Lipinski definition) is 1. The lowest BCUT2D eigenvalue weighted by molar-refractivity contribution is -0.117. The maximum Gasteiger partial charge on any atom is 0.141 e. The van der Waals surface area contributed by atoms with Crippen molar-refractivity contribution in [3.05, 3.63) is 69.5 Å². The van der Waals surface area contributed by atoms with Crippen molar-refractivity contribution < 1.29 is 9.18 Å². The van der Waals surface area contributed by atoms with E-state index < -0.39 is 0 Å². The second-order valence-electron chi connectivity index (χ2n) is 5.06. The fourth-order valence-corrected chi connectivity index (χ4v) is 2.38. The van der Waals surface area contributed by atoms with Gasteiger partial charge in [-0.1, -0.05) is 41.4 Å². The molecule has 0 unspecified atom stereocenters. The van der Waals surface area contributed by atoms with Gasteiger partial charge in [0.25, 0.3) is 0 Å². The molecule has 0 aromatic heterocycles. The van der Waals surface area contributed by atoms with Crippen molar-refractivity contribution in [2.45, 2.75) is 26.7 Å². The van der Waals surface area contributed by atoms with E-state index in [1.165, 1.54) is 12.1 Å². The van der Waals surface area contributed by atoms with Crippen LogP contribution in [0.3, 0.4) is 0 Å². The van der Waals surface area contributed by atoms with Gasteiger partial charge in [0.15, 0.2) is 0 Å². The van der Waals surface area contributed by atoms with Crippen LogP contribution >= 0.6 is 11.6 Å². The minimum absolute atomic E-state index is 0.0761. The van der Waals surface area contributed by atoms with Crippen LogP contribution in [0.2, 0.25) is 5.02 Å². The van der Waals surface area contributed by atoms with Crippen LogP contribution < -0.4 is 0 Å². The number of carbonyl (C=O) groups is 1. The summed E-state index contributed by atoms with van der Waals surface area (Å²) in [6.07, 6.45) is 0.605. The first-order chi connectivity index (χ1) is 9.45. The number of carbonyl (C=O) groups excluding carboxylic acids is 1. The summed E-state index contributed by atoms with van der Waals surface area (Å²) in [5, 5.41) is 0.305. The molecule has 0 N–H and O–H groups in total. The van der Waals surface area contributed by atoms with Crippen LogP contribution in [0.4, 0.5) is 4.39 Å². The Balaban J connectivity index is 2.11. The van der Waals surface area contributed by atoms with Gasteiger partial charge in [-0.25, -0.2) is 4.39 Å². The first kappa shape index (κ1) is 14.7. The van der Waals surface area contributed by atoms with Crippen molar-refractivity contribution in [2.24, 2.45) is 0 Å². The number of rotatable bonds is 4. The molecule has 2 aromatic rings. The summed E-state index contributed by atoms with van der Waals surface area (Å²) in [5.41, 5.74) is 3.95. The second kappa shape index (κ2) is 6.19. The fraction of sp³-hybridized carbons (Fsp3) is 0.235. The van der Waals surface area contributed by atoms with E-state index in [-0.39, 0.29) is 18.0 Å². The summed E-state index contributed by atoms with van der Waals surface area (Å²) in [6, 6.07) is 10.2. The topological polar surface area (TPSA) is 17.1 Å². The van der Waals surface area contributed by atoms with E-state index in [9.17, 15) is 9.18 Å². The van der Waals surface area contributed by atoms with Crippen LogP contribution in [0.5, 0.6) is 0 Å². The van der Waals surface area contributed by atoms with Gasteiger partial charge >= 0.3 is 0 Å². The van der Waals surface area contributed by atoms with Crippen LogP contribution in [0, 0.1) is 19.7 Å². The zero-order valence-corrected chi connectivity index (χ0v) is 12.3. The molecule has 1 nitrogen and oxygen atoms in total. The Kier molecular flexibility index (Phi) is 4.56. The average molecular weight is 291 g/mol. The number of Topliss-reactive ketones (excluding diaryl/α,β-unsaturated/α-hetero) is 1. The highest BCUT2D eigenvalue weighted by atomic mass is 35.5. The molecule has 0 saturated heterocycles. The van der Waals surface area contributed by atoms with Crippen molar-refractivity contribution in [2.75, 3.05) is 0 Å². The Morgan fingerprint density at radius 1 is 1.05 bits per heavy atom. The summed E-state index contributed by atoms with van der Waals surface area (Å²) in [6.45, 7) is 4.00. The Labute approximate surface area is 123 Å². The standard InChI is InChI=1S/C17H16ClFO/c1-11-3-4-12(2)14(7-11)9-16(20)8-13-5-6-15(19)10-17(13)18/h3-7,10H,8-9H2,1-2H3. The van der Waals surface area contributed by atoms with Gasteiger partial charge in [0, 0.05) is 17.9 Å². The number of halogens is 2. The third-order valence-corrected chi connectivity index (χ3v) is 3.65. The third kappa shape index (κ3) is 3.67. The highest BCUT2D eigenvalue weighted by Crippen LogP contribution is 2.19. The molecule has 2 rings (SSSR count). The maximum absolute atomic E-state index is 13.0. The molecule has 0 heterocycles. The smallest absolute Gasteiger partial charge is 0.141 e. The highest BCUT2D eigenvalue weighted by Gasteiger charge is 2.10. The number of hydrogen-bond donors (Lipinski definition) is 0. The normalized spacial score (nSPS) is 10.6. The van der Waals surface area contributed by atoms with Crippen LogP contribution in [0.15, 0.2) is 36.4 Å². The Hall–Kier alpha value is -1.67. The molecule has 0 amide bonds. The van der Waals surface area contributed by atoms with E-state index in [4.69, 9.17) is 11.6 Å². The highest BCUT2D eigenvalue weighted by molar-refractivity contribution is 6.31. The molecule has 20 heavy (non-hydrogen) atoms. The summed E-state index contributed by atoms with van der Waals surface area (Å²) in [7, 11) is 0. The summed E-state index contributed by atoms with van der Waals surface area (Å²) >= 11 is 5.94. The van der Waals surface area contributed by atoms with Crippen molar-refractivity contribution in [3.63, 3.8) is 0 Å². The Morgan fingerprint density at radius 3 is 2.45 bits per heavy atom. The van der Waals surface area contributed by atoms with Gasteiger partial charge in [-0.2, -0.15) is 0 Å². The van der Waals surface area contributed by atoms with E-state index >= 15 is 0 Å². The SMILES string of the molecule is Cc1ccc(C)c(CC(=O)Cc2ccc(F)cc2Cl)c1. The molecule has 0 fully saturated rings. The Morgan fingerprint density at radius 2 is 1.75 bits per heavy atom. The van der Waals surface area contributed by atoms with Gasteiger partial charge in [-0.3, -0.25) is 4.79 Å². The van der Waals surface area contributed by atoms with Gasteiger partial charge in [0.2, 0.25) is 0 Å². The van der Waals surface area contributed by atoms with Crippen molar-refractivity contribution >= 4 is 17.4 Å². The predicted molar refractivity (Wildman–Crippen MR) is 79.7 cm³/mol. The molecule has 0 spiro atoms. The van der Waals surface area contributed by atoms with Crippen LogP contribution in [0.25, 0.3) is 0 Å². The van der Waals surface area contributed by atoms with Gasteiger partial charge in [0.1, 0.15) is 11.6 Å². The van der Waals surface area contributed by atoms with Gasteiger partial charge in [-0.05, 0) is 42.7 Å². The molecule has 0 bridgehead atoms. The van der Waals surface area contributed by atoms with Crippen LogP contribution in [0.1, 0.15) is 22.3 Å². The average Bonchev–Trinajstić information content (AvgIpc) is 2.37. The fourth-order valence-electron chi connectivity index (χ4n) is 2.14. The molecule has 104 valence electrons. The zero-order valence-electron chi connectivity index (χ0n) is 11.5. The molecule has 0 radical (unpaired) electrons. The van der Waals surface area contributed by atoms with E-state index in [2.05, 4.69) is 0 Å². The molecular weight excluding hydrogens is 275 g/mol. The number of aryl methyl sites for hydroxylation is 2. The number of benzene rings is 2. The van der Waals surface area contributed by atoms with Crippen LogP contribution in [-0.4, -0.2) is 5.78 Å². The predicted octanol–water partition coefficient (Wildman–Crippen LogP) is 4.45. The number of ketones is 1. The molecule has 0 aliphatic heterocycles. The minimum atomic E-state index is -0.388. The third-order valence-electron chi connectivity index (χ3n) is 3.29. The van der Waals surface area contributed by atoms with Crippen molar-refractivity contribution in [3.8, 4) is 0 Å². The summed E-state index contributed by atoms with van der Waals surface area (Å²) < 4.78 is 13.0. The lowest BCUT2D eigenvalue weighted by Gasteiger charge is -2.07.